The molecule has 0 saturated carbocycles. The van der Waals surface area contributed by atoms with E-state index in [2.05, 4.69) is 97.1 Å². The van der Waals surface area contributed by atoms with Crippen molar-refractivity contribution in [1.29, 1.82) is 0 Å². The molecule has 0 fully saturated rings. The van der Waals surface area contributed by atoms with E-state index in [1.165, 1.54) is 39.0 Å². The molecule has 1 aliphatic rings. The van der Waals surface area contributed by atoms with Crippen LogP contribution in [-0.4, -0.2) is 8.80 Å². The zero-order valence-electron chi connectivity index (χ0n) is 16.4. The van der Waals surface area contributed by atoms with Gasteiger partial charge in [-0.2, -0.15) is 0 Å². The Kier molecular flexibility index (Phi) is 5.12. The maximum absolute atomic E-state index is 6.11. The summed E-state index contributed by atoms with van der Waals surface area (Å²) in [6, 6.07) is 38.4. The first-order valence-electron chi connectivity index (χ1n) is 10.3. The van der Waals surface area contributed by atoms with Gasteiger partial charge < -0.3 is 4.74 Å². The molecule has 0 N–H and O–H groups in total. The number of ether oxygens (including phenoxy) is 1. The van der Waals surface area contributed by atoms with E-state index in [4.69, 9.17) is 4.74 Å². The molecule has 2 heteroatoms. The Morgan fingerprint density at radius 3 is 2.21 bits per heavy atom. The predicted molar refractivity (Wildman–Crippen MR) is 123 cm³/mol. The summed E-state index contributed by atoms with van der Waals surface area (Å²) in [5.74, 6) is 0. The van der Waals surface area contributed by atoms with Crippen molar-refractivity contribution in [3.05, 3.63) is 120 Å². The molecule has 0 aromatic heterocycles. The van der Waals surface area contributed by atoms with E-state index in [1.54, 1.807) is 5.19 Å². The molecular formula is C27H24OSi. The second kappa shape index (κ2) is 8.20. The van der Waals surface area contributed by atoms with E-state index >= 15 is 0 Å². The van der Waals surface area contributed by atoms with Crippen LogP contribution < -0.4 is 10.4 Å². The Labute approximate surface area is 174 Å². The number of fused-ring (bicyclic) bond motifs is 3. The van der Waals surface area contributed by atoms with Gasteiger partial charge in [-0.15, -0.1) is 0 Å². The zero-order chi connectivity index (χ0) is 19.5. The monoisotopic (exact) mass is 392 g/mol. The number of hydrogen-bond acceptors (Lipinski definition) is 1. The van der Waals surface area contributed by atoms with E-state index in [-0.39, 0.29) is 0 Å². The van der Waals surface area contributed by atoms with Crippen molar-refractivity contribution in [1.82, 2.24) is 0 Å². The lowest BCUT2D eigenvalue weighted by Crippen LogP contribution is -2.47. The molecule has 5 rings (SSSR count). The van der Waals surface area contributed by atoms with Crippen LogP contribution in [0.15, 0.2) is 103 Å². The van der Waals surface area contributed by atoms with Crippen LogP contribution >= 0.6 is 0 Å². The first kappa shape index (κ1) is 18.1. The highest BCUT2D eigenvalue weighted by atomic mass is 28.3. The normalized spacial score (nSPS) is 14.8. The molecule has 29 heavy (non-hydrogen) atoms. The largest absolute Gasteiger partial charge is 0.372 e. The quantitative estimate of drug-likeness (QED) is 0.454. The second-order valence-corrected chi connectivity index (χ2v) is 10.5. The molecule has 0 bridgehead atoms. The molecular weight excluding hydrogens is 368 g/mol. The molecule has 1 heterocycles. The van der Waals surface area contributed by atoms with E-state index < -0.39 is 8.80 Å². The maximum Gasteiger partial charge on any atom is 0.108 e. The molecule has 0 saturated heterocycles. The predicted octanol–water partition coefficient (Wildman–Crippen LogP) is 4.51. The van der Waals surface area contributed by atoms with Crippen molar-refractivity contribution in [2.75, 3.05) is 0 Å². The lowest BCUT2D eigenvalue weighted by atomic mass is 9.94. The minimum Gasteiger partial charge on any atom is -0.372 e. The Balaban J connectivity index is 1.48. The van der Waals surface area contributed by atoms with Crippen molar-refractivity contribution in [2.24, 2.45) is 0 Å². The summed E-state index contributed by atoms with van der Waals surface area (Å²) in [6.45, 7) is 1.29. The minimum atomic E-state index is -1.26. The average Bonchev–Trinajstić information content (AvgIpc) is 2.80. The van der Waals surface area contributed by atoms with Gasteiger partial charge in [0.2, 0.25) is 0 Å². The summed E-state index contributed by atoms with van der Waals surface area (Å²) in [6.07, 6.45) is 0. The van der Waals surface area contributed by atoms with Gasteiger partial charge in [-0.1, -0.05) is 108 Å². The van der Waals surface area contributed by atoms with Crippen molar-refractivity contribution in [3.63, 3.8) is 0 Å². The third-order valence-electron chi connectivity index (χ3n) is 5.84. The van der Waals surface area contributed by atoms with E-state index in [1.807, 2.05) is 6.07 Å². The lowest BCUT2D eigenvalue weighted by Gasteiger charge is -2.29. The molecule has 1 nitrogen and oxygen atoms in total. The highest BCUT2D eigenvalue weighted by molar-refractivity contribution is 6.86. The van der Waals surface area contributed by atoms with Crippen LogP contribution in [-0.2, 0) is 24.0 Å². The van der Waals surface area contributed by atoms with Crippen molar-refractivity contribution < 1.29 is 4.74 Å². The SMILES string of the molecule is c1ccc(COCc2cccc3c2-c2ccccc2[Si@@H](c2ccccc2)C3)cc1. The van der Waals surface area contributed by atoms with E-state index in [9.17, 15) is 0 Å². The Morgan fingerprint density at radius 2 is 1.38 bits per heavy atom. The van der Waals surface area contributed by atoms with E-state index in [0.29, 0.717) is 13.2 Å². The van der Waals surface area contributed by atoms with Gasteiger partial charge in [0.1, 0.15) is 8.80 Å². The fraction of sp³-hybridized carbons (Fsp3) is 0.111. The molecule has 0 unspecified atom stereocenters. The van der Waals surface area contributed by atoms with Crippen LogP contribution in [0.4, 0.5) is 0 Å². The highest BCUT2D eigenvalue weighted by Gasteiger charge is 2.28. The molecule has 0 amide bonds. The molecule has 1 aliphatic heterocycles. The van der Waals surface area contributed by atoms with Crippen LogP contribution in [0.5, 0.6) is 0 Å². The maximum atomic E-state index is 6.11. The van der Waals surface area contributed by atoms with Gasteiger partial charge >= 0.3 is 0 Å². The van der Waals surface area contributed by atoms with Gasteiger partial charge in [0.25, 0.3) is 0 Å². The van der Waals surface area contributed by atoms with Crippen LogP contribution in [0.1, 0.15) is 16.7 Å². The molecule has 142 valence electrons. The van der Waals surface area contributed by atoms with Crippen molar-refractivity contribution >= 4 is 19.2 Å². The average molecular weight is 393 g/mol. The summed E-state index contributed by atoms with van der Waals surface area (Å²) in [7, 11) is -1.26. The van der Waals surface area contributed by atoms with Crippen LogP contribution in [0.2, 0.25) is 0 Å². The van der Waals surface area contributed by atoms with Gasteiger partial charge in [-0.3, -0.25) is 0 Å². The topological polar surface area (TPSA) is 9.23 Å². The summed E-state index contributed by atoms with van der Waals surface area (Å²) < 4.78 is 6.11. The Bertz CT molecular complexity index is 1110. The van der Waals surface area contributed by atoms with Gasteiger partial charge in [-0.25, -0.2) is 0 Å². The van der Waals surface area contributed by atoms with Gasteiger partial charge in [0, 0.05) is 0 Å². The summed E-state index contributed by atoms with van der Waals surface area (Å²) >= 11 is 0. The lowest BCUT2D eigenvalue weighted by molar-refractivity contribution is 0.107. The molecule has 0 radical (unpaired) electrons. The fourth-order valence-electron chi connectivity index (χ4n) is 4.48. The minimum absolute atomic E-state index is 0.643. The van der Waals surface area contributed by atoms with Crippen molar-refractivity contribution in [2.45, 2.75) is 19.3 Å². The van der Waals surface area contributed by atoms with Gasteiger partial charge in [-0.05, 0) is 39.0 Å². The molecule has 4 aromatic carbocycles. The number of rotatable bonds is 5. The van der Waals surface area contributed by atoms with Crippen LogP contribution in [0.25, 0.3) is 11.1 Å². The van der Waals surface area contributed by atoms with E-state index in [0.717, 1.165) is 0 Å². The van der Waals surface area contributed by atoms with Gasteiger partial charge in [0.05, 0.1) is 13.2 Å². The summed E-state index contributed by atoms with van der Waals surface area (Å²) in [5.41, 5.74) is 6.80. The summed E-state index contributed by atoms with van der Waals surface area (Å²) in [5, 5.41) is 3.08. The van der Waals surface area contributed by atoms with Crippen LogP contribution in [0, 0.1) is 0 Å². The third kappa shape index (κ3) is 3.69. The number of benzene rings is 4. The fourth-order valence-corrected chi connectivity index (χ4v) is 7.72. The van der Waals surface area contributed by atoms with Crippen molar-refractivity contribution in [3.8, 4) is 11.1 Å². The third-order valence-corrected chi connectivity index (χ3v) is 9.13. The highest BCUT2D eigenvalue weighted by Crippen LogP contribution is 2.32. The molecule has 0 aliphatic carbocycles. The number of hydrogen-bond donors (Lipinski definition) is 0. The molecule has 0 spiro atoms. The zero-order valence-corrected chi connectivity index (χ0v) is 17.6. The first-order valence-corrected chi connectivity index (χ1v) is 12.2. The standard InChI is InChI=1S/C27H24OSi/c1-3-10-21(11-4-1)18-28-19-22-12-9-13-23-20-29(24-14-5-2-6-15-24)26-17-8-7-16-25(26)27(22)23/h1-17,29H,18-20H2/t29-/m1/s1. The molecule has 4 aromatic rings. The summed E-state index contributed by atoms with van der Waals surface area (Å²) in [4.78, 5) is 0. The molecule has 1 atom stereocenters. The first-order chi connectivity index (χ1) is 14.4. The van der Waals surface area contributed by atoms with Crippen LogP contribution in [0.3, 0.4) is 0 Å². The van der Waals surface area contributed by atoms with Gasteiger partial charge in [0.15, 0.2) is 0 Å². The Hall–Kier alpha value is -2.94. The second-order valence-electron chi connectivity index (χ2n) is 7.68. The smallest absolute Gasteiger partial charge is 0.108 e. The Morgan fingerprint density at radius 1 is 0.655 bits per heavy atom.